The molecule has 5 heteroatoms. The summed E-state index contributed by atoms with van der Waals surface area (Å²) in [5.41, 5.74) is 0.227. The van der Waals surface area contributed by atoms with Gasteiger partial charge in [-0.05, 0) is 12.5 Å². The minimum atomic E-state index is -4.27. The van der Waals surface area contributed by atoms with Gasteiger partial charge in [0.15, 0.2) is 0 Å². The second-order valence-corrected chi connectivity index (χ2v) is 4.50. The van der Waals surface area contributed by atoms with Crippen molar-refractivity contribution in [1.82, 2.24) is 4.90 Å². The SMILES string of the molecule is C=CCCN1C=NC2=CC=C(C(F)(F)F)C(C)C21. The number of hydrogen-bond donors (Lipinski definition) is 0. The predicted octanol–water partition coefficient (Wildman–Crippen LogP) is 3.30. The second-order valence-electron chi connectivity index (χ2n) is 4.50. The normalized spacial score (nSPS) is 26.8. The van der Waals surface area contributed by atoms with Crippen LogP contribution in [0.5, 0.6) is 0 Å². The zero-order valence-electron chi connectivity index (χ0n) is 10.1. The van der Waals surface area contributed by atoms with Gasteiger partial charge in [-0.2, -0.15) is 13.2 Å². The van der Waals surface area contributed by atoms with Gasteiger partial charge >= 0.3 is 6.18 Å². The molecule has 2 unspecified atom stereocenters. The van der Waals surface area contributed by atoms with Gasteiger partial charge in [0.25, 0.3) is 0 Å². The highest BCUT2D eigenvalue weighted by Gasteiger charge is 2.44. The number of rotatable bonds is 3. The molecule has 18 heavy (non-hydrogen) atoms. The molecule has 0 saturated heterocycles. The molecule has 98 valence electrons. The van der Waals surface area contributed by atoms with E-state index in [4.69, 9.17) is 0 Å². The van der Waals surface area contributed by atoms with E-state index in [1.54, 1.807) is 19.3 Å². The molecule has 0 spiro atoms. The van der Waals surface area contributed by atoms with Crippen LogP contribution in [-0.2, 0) is 0 Å². The molecule has 0 bridgehead atoms. The van der Waals surface area contributed by atoms with E-state index in [1.165, 1.54) is 6.08 Å². The molecule has 0 N–H and O–H groups in total. The Kier molecular flexibility index (Phi) is 3.32. The summed E-state index contributed by atoms with van der Waals surface area (Å²) in [6, 6.07) is -0.299. The standard InChI is InChI=1S/C13H15F3N2/c1-3-4-7-18-8-17-11-6-5-10(13(14,15)16)9(2)12(11)18/h3,5-6,8-9,12H,1,4,7H2,2H3. The van der Waals surface area contributed by atoms with Gasteiger partial charge < -0.3 is 4.90 Å². The van der Waals surface area contributed by atoms with Gasteiger partial charge in [-0.25, -0.2) is 4.99 Å². The first-order valence-electron chi connectivity index (χ1n) is 5.85. The molecule has 2 nitrogen and oxygen atoms in total. The number of aliphatic imine (C=N–C) groups is 1. The molecular formula is C13H15F3N2. The molecule has 2 atom stereocenters. The molecule has 1 aliphatic carbocycles. The van der Waals surface area contributed by atoms with Crippen LogP contribution in [0.4, 0.5) is 13.2 Å². The molecule has 0 fully saturated rings. The second kappa shape index (κ2) is 4.63. The topological polar surface area (TPSA) is 15.6 Å². The van der Waals surface area contributed by atoms with Crippen molar-refractivity contribution in [1.29, 1.82) is 0 Å². The van der Waals surface area contributed by atoms with E-state index < -0.39 is 17.7 Å². The third-order valence-electron chi connectivity index (χ3n) is 3.33. The lowest BCUT2D eigenvalue weighted by Crippen LogP contribution is -2.40. The van der Waals surface area contributed by atoms with E-state index in [1.807, 2.05) is 4.90 Å². The van der Waals surface area contributed by atoms with Gasteiger partial charge in [0, 0.05) is 18.0 Å². The lowest BCUT2D eigenvalue weighted by molar-refractivity contribution is -0.100. The van der Waals surface area contributed by atoms with Crippen LogP contribution in [0.15, 0.2) is 41.1 Å². The van der Waals surface area contributed by atoms with Gasteiger partial charge in [-0.1, -0.05) is 19.1 Å². The van der Waals surface area contributed by atoms with Gasteiger partial charge in [0.1, 0.15) is 0 Å². The summed E-state index contributed by atoms with van der Waals surface area (Å²) >= 11 is 0. The van der Waals surface area contributed by atoms with Crippen LogP contribution >= 0.6 is 0 Å². The highest BCUT2D eigenvalue weighted by molar-refractivity contribution is 5.64. The number of hydrogen-bond acceptors (Lipinski definition) is 2. The summed E-state index contributed by atoms with van der Waals surface area (Å²) in [5.74, 6) is -0.600. The lowest BCUT2D eigenvalue weighted by Gasteiger charge is -2.33. The molecular weight excluding hydrogens is 241 g/mol. The smallest absolute Gasteiger partial charge is 0.353 e. The zero-order valence-corrected chi connectivity index (χ0v) is 10.1. The number of allylic oxidation sites excluding steroid dienone is 2. The Morgan fingerprint density at radius 3 is 2.78 bits per heavy atom. The van der Waals surface area contributed by atoms with E-state index in [0.29, 0.717) is 12.2 Å². The van der Waals surface area contributed by atoms with Crippen molar-refractivity contribution >= 4 is 6.34 Å². The molecule has 0 saturated carbocycles. The largest absolute Gasteiger partial charge is 0.413 e. The first-order chi connectivity index (χ1) is 8.45. The molecule has 0 aromatic rings. The summed E-state index contributed by atoms with van der Waals surface area (Å²) in [5, 5.41) is 0. The van der Waals surface area contributed by atoms with Crippen molar-refractivity contribution in [3.8, 4) is 0 Å². The van der Waals surface area contributed by atoms with Gasteiger partial charge in [0.05, 0.1) is 18.1 Å². The van der Waals surface area contributed by atoms with Crippen molar-refractivity contribution < 1.29 is 13.2 Å². The maximum atomic E-state index is 12.9. The van der Waals surface area contributed by atoms with E-state index in [0.717, 1.165) is 12.5 Å². The molecule has 0 radical (unpaired) electrons. The van der Waals surface area contributed by atoms with Crippen LogP contribution in [0.1, 0.15) is 13.3 Å². The third-order valence-corrected chi connectivity index (χ3v) is 3.33. The first kappa shape index (κ1) is 12.9. The van der Waals surface area contributed by atoms with Crippen LogP contribution in [0.2, 0.25) is 0 Å². The van der Waals surface area contributed by atoms with Gasteiger partial charge in [-0.3, -0.25) is 0 Å². The van der Waals surface area contributed by atoms with Gasteiger partial charge in [-0.15, -0.1) is 6.58 Å². The number of halogens is 3. The molecule has 1 heterocycles. The zero-order chi connectivity index (χ0) is 13.3. The van der Waals surface area contributed by atoms with E-state index in [9.17, 15) is 13.2 Å². The van der Waals surface area contributed by atoms with E-state index >= 15 is 0 Å². The van der Waals surface area contributed by atoms with Crippen LogP contribution in [-0.4, -0.2) is 30.0 Å². The average molecular weight is 256 g/mol. The first-order valence-corrected chi connectivity index (χ1v) is 5.85. The fourth-order valence-corrected chi connectivity index (χ4v) is 2.43. The highest BCUT2D eigenvalue weighted by atomic mass is 19.4. The molecule has 0 aromatic heterocycles. The van der Waals surface area contributed by atoms with Crippen molar-refractivity contribution in [3.05, 3.63) is 36.1 Å². The Bertz CT molecular complexity index is 432. The summed E-state index contributed by atoms with van der Waals surface area (Å²) in [7, 11) is 0. The van der Waals surface area contributed by atoms with Crippen LogP contribution in [0.25, 0.3) is 0 Å². The predicted molar refractivity (Wildman–Crippen MR) is 65.2 cm³/mol. The summed E-state index contributed by atoms with van der Waals surface area (Å²) in [6.45, 7) is 5.87. The minimum Gasteiger partial charge on any atom is -0.353 e. The molecule has 0 amide bonds. The Morgan fingerprint density at radius 2 is 2.17 bits per heavy atom. The van der Waals surface area contributed by atoms with E-state index in [-0.39, 0.29) is 6.04 Å². The number of alkyl halides is 3. The Morgan fingerprint density at radius 1 is 1.44 bits per heavy atom. The van der Waals surface area contributed by atoms with E-state index in [2.05, 4.69) is 11.6 Å². The van der Waals surface area contributed by atoms with Crippen LogP contribution in [0.3, 0.4) is 0 Å². The fourth-order valence-electron chi connectivity index (χ4n) is 2.43. The van der Waals surface area contributed by atoms with Crippen molar-refractivity contribution in [2.45, 2.75) is 25.6 Å². The lowest BCUT2D eigenvalue weighted by atomic mass is 9.86. The quantitative estimate of drug-likeness (QED) is 0.707. The monoisotopic (exact) mass is 256 g/mol. The van der Waals surface area contributed by atoms with Crippen LogP contribution in [0, 0.1) is 5.92 Å². The minimum absolute atomic E-state index is 0.299. The Labute approximate surface area is 104 Å². The Hall–Kier alpha value is -1.52. The molecule has 1 aliphatic heterocycles. The van der Waals surface area contributed by atoms with Crippen molar-refractivity contribution in [2.24, 2.45) is 10.9 Å². The fraction of sp³-hybridized carbons (Fsp3) is 0.462. The Balaban J connectivity index is 2.22. The maximum Gasteiger partial charge on any atom is 0.413 e. The summed E-state index contributed by atoms with van der Waals surface area (Å²) in [4.78, 5) is 6.03. The summed E-state index contributed by atoms with van der Waals surface area (Å²) < 4.78 is 38.6. The van der Waals surface area contributed by atoms with Crippen LogP contribution < -0.4 is 0 Å². The van der Waals surface area contributed by atoms with Crippen molar-refractivity contribution in [2.75, 3.05) is 6.54 Å². The molecule has 2 rings (SSSR count). The van der Waals surface area contributed by atoms with Gasteiger partial charge in [0.2, 0.25) is 0 Å². The van der Waals surface area contributed by atoms with Crippen molar-refractivity contribution in [3.63, 3.8) is 0 Å². The molecule has 0 aromatic carbocycles. The molecule has 2 aliphatic rings. The summed E-state index contributed by atoms with van der Waals surface area (Å²) in [6.07, 6.45) is 2.46. The average Bonchev–Trinajstić information content (AvgIpc) is 2.69. The third kappa shape index (κ3) is 2.21. The highest BCUT2D eigenvalue weighted by Crippen LogP contribution is 2.40. The maximum absolute atomic E-state index is 12.9. The number of nitrogens with zero attached hydrogens (tertiary/aromatic N) is 2. The number of fused-ring (bicyclic) bond motifs is 1.